The van der Waals surface area contributed by atoms with Crippen LogP contribution in [0.5, 0.6) is 0 Å². The van der Waals surface area contributed by atoms with Crippen molar-refractivity contribution < 1.29 is 14.8 Å². The number of terminal acetylenes is 1. The second-order valence-electron chi connectivity index (χ2n) is 3.81. The number of carbonyl (C=O) groups is 1. The molecular formula is C11H14N4O4. The first-order valence-corrected chi connectivity index (χ1v) is 5.52. The fourth-order valence-corrected chi connectivity index (χ4v) is 1.82. The highest BCUT2D eigenvalue weighted by Crippen LogP contribution is 2.31. The van der Waals surface area contributed by atoms with Crippen LogP contribution in [0, 0.1) is 22.5 Å². The Bertz CT molecular complexity index is 544. The molecule has 1 rings (SSSR count). The van der Waals surface area contributed by atoms with E-state index < -0.39 is 17.4 Å². The summed E-state index contributed by atoms with van der Waals surface area (Å²) >= 11 is 0. The Hall–Kier alpha value is -2.56. The number of aryl methyl sites for hydroxylation is 2. The molecule has 1 aromatic heterocycles. The van der Waals surface area contributed by atoms with Crippen LogP contribution in [0.25, 0.3) is 0 Å². The Labute approximate surface area is 109 Å². The van der Waals surface area contributed by atoms with Gasteiger partial charge in [0, 0.05) is 7.05 Å². The minimum atomic E-state index is -1.12. The van der Waals surface area contributed by atoms with Gasteiger partial charge >= 0.3 is 11.7 Å². The lowest BCUT2D eigenvalue weighted by molar-refractivity contribution is -0.384. The smallest absolute Gasteiger partial charge is 0.334 e. The predicted octanol–water partition coefficient (Wildman–Crippen LogP) is 0.415. The monoisotopic (exact) mass is 266 g/mol. The lowest BCUT2D eigenvalue weighted by atomic mass is 10.3. The van der Waals surface area contributed by atoms with Crippen LogP contribution < -0.4 is 4.90 Å². The van der Waals surface area contributed by atoms with Crippen LogP contribution in [0.15, 0.2) is 0 Å². The summed E-state index contributed by atoms with van der Waals surface area (Å²) in [5, 5.41) is 24.0. The van der Waals surface area contributed by atoms with Gasteiger partial charge in [0.15, 0.2) is 0 Å². The van der Waals surface area contributed by atoms with E-state index in [9.17, 15) is 14.9 Å². The van der Waals surface area contributed by atoms with Gasteiger partial charge in [0.05, 0.1) is 11.5 Å². The summed E-state index contributed by atoms with van der Waals surface area (Å²) in [7, 11) is 1.52. The molecular weight excluding hydrogens is 252 g/mol. The van der Waals surface area contributed by atoms with Crippen molar-refractivity contribution in [2.45, 2.75) is 13.3 Å². The molecule has 0 aromatic carbocycles. The summed E-state index contributed by atoms with van der Waals surface area (Å²) in [6.45, 7) is 1.27. The highest BCUT2D eigenvalue weighted by molar-refractivity contribution is 5.75. The zero-order chi connectivity index (χ0) is 14.6. The third-order valence-electron chi connectivity index (χ3n) is 2.49. The Balaban J connectivity index is 3.36. The second kappa shape index (κ2) is 5.86. The Morgan fingerprint density at radius 3 is 2.74 bits per heavy atom. The van der Waals surface area contributed by atoms with Gasteiger partial charge in [-0.05, 0) is 6.42 Å². The summed E-state index contributed by atoms with van der Waals surface area (Å²) in [6.07, 6.45) is 5.55. The lowest BCUT2D eigenvalue weighted by Crippen LogP contribution is -2.32. The maximum absolute atomic E-state index is 11.1. The molecule has 0 fully saturated rings. The number of anilines is 1. The van der Waals surface area contributed by atoms with Crippen molar-refractivity contribution in [3.8, 4) is 12.3 Å². The van der Waals surface area contributed by atoms with E-state index >= 15 is 0 Å². The molecule has 0 amide bonds. The zero-order valence-corrected chi connectivity index (χ0v) is 10.7. The zero-order valence-electron chi connectivity index (χ0n) is 10.7. The highest BCUT2D eigenvalue weighted by Gasteiger charge is 2.30. The van der Waals surface area contributed by atoms with E-state index in [0.717, 1.165) is 0 Å². The number of rotatable bonds is 6. The minimum absolute atomic E-state index is 0.0458. The summed E-state index contributed by atoms with van der Waals surface area (Å²) < 4.78 is 1.29. The molecule has 0 unspecified atom stereocenters. The third kappa shape index (κ3) is 3.01. The number of aromatic nitrogens is 2. The van der Waals surface area contributed by atoms with Crippen molar-refractivity contribution in [2.24, 2.45) is 7.05 Å². The third-order valence-corrected chi connectivity index (χ3v) is 2.49. The first-order valence-electron chi connectivity index (χ1n) is 5.52. The van der Waals surface area contributed by atoms with Crippen LogP contribution in [0.3, 0.4) is 0 Å². The van der Waals surface area contributed by atoms with Gasteiger partial charge in [-0.1, -0.05) is 12.8 Å². The SMILES string of the molecule is C#CCN(CC(=O)O)c1c([N+](=O)[O-])c(CC)nn1C. The number of carboxylic acid groups (broad SMARTS) is 1. The molecule has 0 atom stereocenters. The molecule has 0 saturated carbocycles. The first-order chi connectivity index (χ1) is 8.92. The largest absolute Gasteiger partial charge is 0.480 e. The van der Waals surface area contributed by atoms with Crippen molar-refractivity contribution >= 4 is 17.5 Å². The Kier molecular flexibility index (Phi) is 4.47. The predicted molar refractivity (Wildman–Crippen MR) is 67.9 cm³/mol. The molecule has 1 heterocycles. The Morgan fingerprint density at radius 1 is 1.68 bits per heavy atom. The van der Waals surface area contributed by atoms with E-state index in [1.807, 2.05) is 0 Å². The van der Waals surface area contributed by atoms with Gasteiger partial charge in [0.25, 0.3) is 0 Å². The highest BCUT2D eigenvalue weighted by atomic mass is 16.6. The maximum Gasteiger partial charge on any atom is 0.334 e. The molecule has 102 valence electrons. The topological polar surface area (TPSA) is 102 Å². The fourth-order valence-electron chi connectivity index (χ4n) is 1.82. The van der Waals surface area contributed by atoms with E-state index in [1.54, 1.807) is 6.92 Å². The molecule has 8 nitrogen and oxygen atoms in total. The molecule has 1 N–H and O–H groups in total. The molecule has 19 heavy (non-hydrogen) atoms. The van der Waals surface area contributed by atoms with Crippen LogP contribution >= 0.6 is 0 Å². The van der Waals surface area contributed by atoms with Gasteiger partial charge in [-0.3, -0.25) is 14.9 Å². The summed E-state index contributed by atoms with van der Waals surface area (Å²) in [5.74, 6) is 1.28. The van der Waals surface area contributed by atoms with E-state index in [0.29, 0.717) is 12.1 Å². The summed E-state index contributed by atoms with van der Waals surface area (Å²) in [4.78, 5) is 22.6. The molecule has 0 aliphatic heterocycles. The number of hydrogen-bond acceptors (Lipinski definition) is 5. The minimum Gasteiger partial charge on any atom is -0.480 e. The van der Waals surface area contributed by atoms with Gasteiger partial charge in [0.2, 0.25) is 5.82 Å². The number of nitro groups is 1. The average Bonchev–Trinajstić information content (AvgIpc) is 2.65. The maximum atomic E-state index is 11.1. The van der Waals surface area contributed by atoms with Crippen molar-refractivity contribution in [3.05, 3.63) is 15.8 Å². The van der Waals surface area contributed by atoms with Crippen molar-refractivity contribution in [3.63, 3.8) is 0 Å². The molecule has 0 saturated heterocycles. The van der Waals surface area contributed by atoms with E-state index in [1.165, 1.54) is 16.6 Å². The van der Waals surface area contributed by atoms with Gasteiger partial charge in [0.1, 0.15) is 12.2 Å². The average molecular weight is 266 g/mol. The molecule has 0 radical (unpaired) electrons. The van der Waals surface area contributed by atoms with E-state index in [4.69, 9.17) is 11.5 Å². The van der Waals surface area contributed by atoms with Crippen LogP contribution in [0.1, 0.15) is 12.6 Å². The van der Waals surface area contributed by atoms with Gasteiger partial charge in [-0.25, -0.2) is 4.68 Å². The van der Waals surface area contributed by atoms with Crippen LogP contribution in [-0.4, -0.2) is 38.9 Å². The van der Waals surface area contributed by atoms with Crippen molar-refractivity contribution in [2.75, 3.05) is 18.0 Å². The Morgan fingerprint density at radius 2 is 2.32 bits per heavy atom. The lowest BCUT2D eigenvalue weighted by Gasteiger charge is -2.18. The second-order valence-corrected chi connectivity index (χ2v) is 3.81. The quantitative estimate of drug-likeness (QED) is 0.454. The van der Waals surface area contributed by atoms with E-state index in [-0.39, 0.29) is 18.1 Å². The van der Waals surface area contributed by atoms with Crippen LogP contribution in [0.4, 0.5) is 11.5 Å². The van der Waals surface area contributed by atoms with Crippen LogP contribution in [-0.2, 0) is 18.3 Å². The molecule has 1 aromatic rings. The summed E-state index contributed by atoms with van der Waals surface area (Å²) in [5.41, 5.74) is 0.108. The van der Waals surface area contributed by atoms with Crippen molar-refractivity contribution in [1.82, 2.24) is 9.78 Å². The molecule has 0 spiro atoms. The summed E-state index contributed by atoms with van der Waals surface area (Å²) in [6, 6.07) is 0. The molecule has 8 heteroatoms. The molecule has 0 aliphatic rings. The van der Waals surface area contributed by atoms with Crippen LogP contribution in [0.2, 0.25) is 0 Å². The van der Waals surface area contributed by atoms with Crippen molar-refractivity contribution in [1.29, 1.82) is 0 Å². The number of carboxylic acids is 1. The number of hydrogen-bond donors (Lipinski definition) is 1. The number of aliphatic carboxylic acids is 1. The van der Waals surface area contributed by atoms with Gasteiger partial charge < -0.3 is 10.0 Å². The van der Waals surface area contributed by atoms with Gasteiger partial charge in [-0.15, -0.1) is 6.42 Å². The molecule has 0 aliphatic carbocycles. The van der Waals surface area contributed by atoms with E-state index in [2.05, 4.69) is 11.0 Å². The van der Waals surface area contributed by atoms with Gasteiger partial charge in [-0.2, -0.15) is 5.10 Å². The fraction of sp³-hybridized carbons (Fsp3) is 0.455. The normalized spacial score (nSPS) is 9.95. The first kappa shape index (κ1) is 14.5. The molecule has 0 bridgehead atoms. The number of nitrogens with zero attached hydrogens (tertiary/aromatic N) is 4. The standard InChI is InChI=1S/C11H14N4O4/c1-4-6-14(7-9(16)17)11-10(15(18)19)8(5-2)12-13(11)3/h1H,5-7H2,2-3H3,(H,16,17).